The molecule has 1 radical (unpaired) electrons. The molecule has 107 valence electrons. The first-order valence-electron chi connectivity index (χ1n) is 6.82. The monoisotopic (exact) mass is 389 g/mol. The summed E-state index contributed by atoms with van der Waals surface area (Å²) in [6, 6.07) is 8.46. The van der Waals surface area contributed by atoms with Gasteiger partial charge >= 0.3 is 0 Å². The molecule has 0 spiro atoms. The average Bonchev–Trinajstić information content (AvgIpc) is 2.39. The predicted molar refractivity (Wildman–Crippen MR) is 90.6 cm³/mol. The van der Waals surface area contributed by atoms with Crippen LogP contribution in [0.2, 0.25) is 0 Å². The first-order valence-corrected chi connectivity index (χ1v) is 8.86. The van der Waals surface area contributed by atoms with Crippen LogP contribution in [-0.2, 0) is 6.42 Å². The van der Waals surface area contributed by atoms with Gasteiger partial charge in [0.1, 0.15) is 5.75 Å². The Bertz CT molecular complexity index is 335. The van der Waals surface area contributed by atoms with Crippen LogP contribution in [0.15, 0.2) is 24.3 Å². The van der Waals surface area contributed by atoms with Crippen LogP contribution < -0.4 is 4.74 Å². The second-order valence-electron chi connectivity index (χ2n) is 5.12. The number of hydrogen-bond donors (Lipinski definition) is 0. The van der Waals surface area contributed by atoms with E-state index in [1.54, 1.807) is 0 Å². The Balaban J connectivity index is 2.19. The minimum atomic E-state index is 0.584. The van der Waals surface area contributed by atoms with Crippen molar-refractivity contribution < 1.29 is 4.74 Å². The minimum Gasteiger partial charge on any atom is -0.494 e. The molecule has 1 atom stereocenters. The number of halogens is 2. The van der Waals surface area contributed by atoms with E-state index in [0.717, 1.165) is 30.5 Å². The quantitative estimate of drug-likeness (QED) is 0.396. The van der Waals surface area contributed by atoms with E-state index in [9.17, 15) is 0 Å². The van der Waals surface area contributed by atoms with Crippen molar-refractivity contribution in [3.05, 3.63) is 35.7 Å². The molecule has 1 aromatic carbocycles. The van der Waals surface area contributed by atoms with Crippen molar-refractivity contribution >= 4 is 31.9 Å². The lowest BCUT2D eigenvalue weighted by Crippen LogP contribution is -2.02. The van der Waals surface area contributed by atoms with Crippen molar-refractivity contribution in [1.82, 2.24) is 0 Å². The topological polar surface area (TPSA) is 9.23 Å². The molecule has 0 aliphatic carbocycles. The second kappa shape index (κ2) is 9.82. The SMILES string of the molecule is C[C](C)Cc1ccc(OCCCCC(Br)CBr)cc1. The van der Waals surface area contributed by atoms with Crippen LogP contribution in [0, 0.1) is 5.92 Å². The van der Waals surface area contributed by atoms with Gasteiger partial charge in [-0.2, -0.15) is 0 Å². The summed E-state index contributed by atoms with van der Waals surface area (Å²) in [6.07, 6.45) is 4.56. The van der Waals surface area contributed by atoms with Crippen LogP contribution >= 0.6 is 31.9 Å². The zero-order valence-electron chi connectivity index (χ0n) is 11.8. The molecular formula is C16H23Br2O. The third-order valence-electron chi connectivity index (χ3n) is 2.83. The summed E-state index contributed by atoms with van der Waals surface area (Å²) < 4.78 is 5.75. The van der Waals surface area contributed by atoms with Crippen LogP contribution in [0.3, 0.4) is 0 Å². The molecule has 19 heavy (non-hydrogen) atoms. The van der Waals surface area contributed by atoms with Gasteiger partial charge in [0.05, 0.1) is 6.61 Å². The third kappa shape index (κ3) is 7.98. The van der Waals surface area contributed by atoms with Crippen molar-refractivity contribution in [3.63, 3.8) is 0 Å². The number of benzene rings is 1. The van der Waals surface area contributed by atoms with Crippen LogP contribution in [0.25, 0.3) is 0 Å². The maximum atomic E-state index is 5.75. The van der Waals surface area contributed by atoms with E-state index < -0.39 is 0 Å². The summed E-state index contributed by atoms with van der Waals surface area (Å²) in [7, 11) is 0. The normalized spacial score (nSPS) is 12.7. The fraction of sp³-hybridized carbons (Fsp3) is 0.562. The lowest BCUT2D eigenvalue weighted by molar-refractivity contribution is 0.305. The van der Waals surface area contributed by atoms with E-state index in [4.69, 9.17) is 4.74 Å². The maximum Gasteiger partial charge on any atom is 0.119 e. The summed E-state index contributed by atoms with van der Waals surface area (Å²) in [5, 5.41) is 1.02. The number of ether oxygens (including phenoxy) is 1. The Morgan fingerprint density at radius 3 is 2.42 bits per heavy atom. The van der Waals surface area contributed by atoms with Crippen molar-refractivity contribution in [1.29, 1.82) is 0 Å². The lowest BCUT2D eigenvalue weighted by atomic mass is 10.0. The average molecular weight is 391 g/mol. The number of hydrogen-bond acceptors (Lipinski definition) is 1. The summed E-state index contributed by atoms with van der Waals surface area (Å²) >= 11 is 7.08. The first kappa shape index (κ1) is 17.0. The molecule has 0 aliphatic rings. The highest BCUT2D eigenvalue weighted by Gasteiger charge is 2.02. The number of alkyl halides is 2. The van der Waals surface area contributed by atoms with Gasteiger partial charge in [-0.3, -0.25) is 0 Å². The van der Waals surface area contributed by atoms with E-state index >= 15 is 0 Å². The van der Waals surface area contributed by atoms with E-state index in [1.165, 1.54) is 24.3 Å². The van der Waals surface area contributed by atoms with Crippen LogP contribution in [-0.4, -0.2) is 16.8 Å². The van der Waals surface area contributed by atoms with E-state index in [2.05, 4.69) is 70.0 Å². The molecule has 1 nitrogen and oxygen atoms in total. The highest BCUT2D eigenvalue weighted by atomic mass is 79.9. The minimum absolute atomic E-state index is 0.584. The van der Waals surface area contributed by atoms with Gasteiger partial charge in [-0.25, -0.2) is 0 Å². The highest BCUT2D eigenvalue weighted by molar-refractivity contribution is 9.12. The van der Waals surface area contributed by atoms with Crippen LogP contribution in [0.4, 0.5) is 0 Å². The van der Waals surface area contributed by atoms with Gasteiger partial charge in [0.25, 0.3) is 0 Å². The Hall–Kier alpha value is -0.0200. The van der Waals surface area contributed by atoms with Gasteiger partial charge in [0, 0.05) is 10.2 Å². The van der Waals surface area contributed by atoms with Gasteiger partial charge in [-0.15, -0.1) is 0 Å². The predicted octanol–water partition coefficient (Wildman–Crippen LogP) is 5.55. The van der Waals surface area contributed by atoms with E-state index in [0.29, 0.717) is 4.83 Å². The largest absolute Gasteiger partial charge is 0.494 e. The Morgan fingerprint density at radius 2 is 1.84 bits per heavy atom. The fourth-order valence-electron chi connectivity index (χ4n) is 1.85. The Kier molecular flexibility index (Phi) is 8.80. The molecule has 0 N–H and O–H groups in total. The van der Waals surface area contributed by atoms with Crippen molar-refractivity contribution in [2.75, 3.05) is 11.9 Å². The summed E-state index contributed by atoms with van der Waals surface area (Å²) in [4.78, 5) is 0.584. The fourth-order valence-corrected chi connectivity index (χ4v) is 2.49. The molecule has 1 unspecified atom stereocenters. The summed E-state index contributed by atoms with van der Waals surface area (Å²) in [5.41, 5.74) is 1.35. The van der Waals surface area contributed by atoms with E-state index in [-0.39, 0.29) is 0 Å². The van der Waals surface area contributed by atoms with Crippen molar-refractivity contribution in [2.45, 2.75) is 44.4 Å². The number of rotatable bonds is 9. The molecule has 0 heterocycles. The Morgan fingerprint density at radius 1 is 1.16 bits per heavy atom. The smallest absolute Gasteiger partial charge is 0.119 e. The second-order valence-corrected chi connectivity index (χ2v) is 7.07. The lowest BCUT2D eigenvalue weighted by Gasteiger charge is -2.09. The standard InChI is InChI=1S/C16H23Br2O/c1-13(2)11-14-6-8-16(9-7-14)19-10-4-3-5-15(18)12-17/h6-9,15H,3-5,10-12H2,1-2H3. The molecule has 0 saturated heterocycles. The molecule has 1 rings (SSSR count). The van der Waals surface area contributed by atoms with E-state index in [1.807, 2.05) is 0 Å². The molecule has 0 aliphatic heterocycles. The number of unbranched alkanes of at least 4 members (excludes halogenated alkanes) is 1. The first-order chi connectivity index (χ1) is 9.11. The zero-order valence-corrected chi connectivity index (χ0v) is 15.0. The molecule has 0 fully saturated rings. The third-order valence-corrected chi connectivity index (χ3v) is 5.26. The van der Waals surface area contributed by atoms with Crippen LogP contribution in [0.1, 0.15) is 38.7 Å². The molecule has 1 aromatic rings. The van der Waals surface area contributed by atoms with Gasteiger partial charge in [-0.1, -0.05) is 57.8 Å². The summed E-state index contributed by atoms with van der Waals surface area (Å²) in [6.45, 7) is 5.13. The van der Waals surface area contributed by atoms with Gasteiger partial charge < -0.3 is 4.74 Å². The molecule has 0 amide bonds. The van der Waals surface area contributed by atoms with Gasteiger partial charge in [-0.05, 0) is 49.3 Å². The maximum absolute atomic E-state index is 5.75. The van der Waals surface area contributed by atoms with Gasteiger partial charge in [0.15, 0.2) is 0 Å². The van der Waals surface area contributed by atoms with Crippen molar-refractivity contribution in [2.24, 2.45) is 0 Å². The summed E-state index contributed by atoms with van der Waals surface area (Å²) in [5.74, 6) is 2.41. The molecule has 0 bridgehead atoms. The van der Waals surface area contributed by atoms with Gasteiger partial charge in [0.2, 0.25) is 0 Å². The Labute approximate surface area is 134 Å². The molecule has 3 heteroatoms. The molecule has 0 aromatic heterocycles. The van der Waals surface area contributed by atoms with Crippen LogP contribution in [0.5, 0.6) is 5.75 Å². The molecular weight excluding hydrogens is 368 g/mol. The zero-order chi connectivity index (χ0) is 14.1. The molecule has 0 saturated carbocycles. The van der Waals surface area contributed by atoms with Crippen molar-refractivity contribution in [3.8, 4) is 5.75 Å². The highest BCUT2D eigenvalue weighted by Crippen LogP contribution is 2.17.